The monoisotopic (exact) mass is 606 g/mol. The van der Waals surface area contributed by atoms with Gasteiger partial charge in [-0.1, -0.05) is 43.0 Å². The van der Waals surface area contributed by atoms with Crippen LogP contribution in [0.1, 0.15) is 12.5 Å². The standard InChI is InChI=1S/C34H38N8O3/c1-7-32(44)37-26-14-11-15-28(20-26)42(23-43)33-30(36-24(2)25-12-9-8-10-13-25)22-35-34(39-33)38-29-17-16-27(21-31(29)45-6)41(5)19-18-40(3)4/h7-17,20-23H,1,18-19H2,2-6H3,(H,37,44)(H,35,38,39). The van der Waals surface area contributed by atoms with Crippen LogP contribution < -0.4 is 25.2 Å². The predicted octanol–water partition coefficient (Wildman–Crippen LogP) is 5.79. The zero-order valence-electron chi connectivity index (χ0n) is 26.2. The molecule has 11 nitrogen and oxygen atoms in total. The molecular formula is C34H38N8O3. The van der Waals surface area contributed by atoms with Crippen molar-refractivity contribution in [1.82, 2.24) is 14.9 Å². The quantitative estimate of drug-likeness (QED) is 0.105. The summed E-state index contributed by atoms with van der Waals surface area (Å²) in [4.78, 5) is 44.3. The molecule has 0 saturated carbocycles. The van der Waals surface area contributed by atoms with E-state index < -0.39 is 0 Å². The van der Waals surface area contributed by atoms with Gasteiger partial charge in [-0.05, 0) is 63.0 Å². The zero-order chi connectivity index (χ0) is 32.3. The zero-order valence-corrected chi connectivity index (χ0v) is 26.2. The van der Waals surface area contributed by atoms with E-state index in [0.717, 1.165) is 30.1 Å². The first-order valence-electron chi connectivity index (χ1n) is 14.3. The van der Waals surface area contributed by atoms with E-state index in [4.69, 9.17) is 14.7 Å². The molecule has 0 saturated heterocycles. The number of aromatic nitrogens is 2. The smallest absolute Gasteiger partial charge is 0.247 e. The Labute approximate surface area is 263 Å². The number of carbonyl (C=O) groups excluding carboxylic acids is 2. The van der Waals surface area contributed by atoms with Crippen molar-refractivity contribution in [3.63, 3.8) is 0 Å². The number of carbonyl (C=O) groups is 2. The summed E-state index contributed by atoms with van der Waals surface area (Å²) in [7, 11) is 7.72. The largest absolute Gasteiger partial charge is 0.494 e. The molecule has 0 aliphatic carbocycles. The third-order valence-electron chi connectivity index (χ3n) is 6.90. The highest BCUT2D eigenvalue weighted by Crippen LogP contribution is 2.35. The van der Waals surface area contributed by atoms with Crippen LogP contribution in [-0.4, -0.2) is 74.2 Å². The number of likely N-dealkylation sites (N-methyl/N-ethyl adjacent to an activating group) is 2. The van der Waals surface area contributed by atoms with Gasteiger partial charge >= 0.3 is 0 Å². The van der Waals surface area contributed by atoms with E-state index in [1.807, 2.05) is 76.6 Å². The van der Waals surface area contributed by atoms with Gasteiger partial charge in [-0.15, -0.1) is 0 Å². The number of hydrogen-bond acceptors (Lipinski definition) is 9. The Morgan fingerprint density at radius 1 is 1.00 bits per heavy atom. The highest BCUT2D eigenvalue weighted by atomic mass is 16.5. The maximum absolute atomic E-state index is 12.6. The van der Waals surface area contributed by atoms with Gasteiger partial charge in [0, 0.05) is 43.3 Å². The summed E-state index contributed by atoms with van der Waals surface area (Å²) in [5.74, 6) is 0.709. The van der Waals surface area contributed by atoms with Gasteiger partial charge in [0.05, 0.1) is 24.7 Å². The minimum absolute atomic E-state index is 0.233. The Morgan fingerprint density at radius 2 is 1.78 bits per heavy atom. The van der Waals surface area contributed by atoms with Crippen molar-refractivity contribution < 1.29 is 14.3 Å². The number of rotatable bonds is 14. The fourth-order valence-electron chi connectivity index (χ4n) is 4.39. The highest BCUT2D eigenvalue weighted by molar-refractivity contribution is 6.02. The third-order valence-corrected chi connectivity index (χ3v) is 6.90. The Balaban J connectivity index is 1.74. The van der Waals surface area contributed by atoms with Crippen LogP contribution in [0.5, 0.6) is 5.75 Å². The molecule has 0 atom stereocenters. The fraction of sp³-hybridized carbons (Fsp3) is 0.206. The normalized spacial score (nSPS) is 11.1. The van der Waals surface area contributed by atoms with Crippen molar-refractivity contribution >= 4 is 58.2 Å². The number of amides is 2. The van der Waals surface area contributed by atoms with E-state index in [2.05, 4.69) is 32.0 Å². The number of anilines is 6. The molecular weight excluding hydrogens is 568 g/mol. The lowest BCUT2D eigenvalue weighted by Gasteiger charge is -2.23. The summed E-state index contributed by atoms with van der Waals surface area (Å²) in [6.07, 6.45) is 3.39. The van der Waals surface area contributed by atoms with Crippen LogP contribution in [0.15, 0.2) is 96.6 Å². The molecule has 2 amide bonds. The SMILES string of the molecule is C=CC(=O)Nc1cccc(N(C=O)c2nc(Nc3ccc(N(C)CCN(C)C)cc3OC)ncc2N=C(C)c2ccccc2)c1. The van der Waals surface area contributed by atoms with E-state index in [1.165, 1.54) is 11.0 Å². The second kappa shape index (κ2) is 15.3. The lowest BCUT2D eigenvalue weighted by molar-refractivity contribution is -0.112. The van der Waals surface area contributed by atoms with Crippen LogP contribution >= 0.6 is 0 Å². The minimum atomic E-state index is -0.369. The van der Waals surface area contributed by atoms with Gasteiger partial charge in [-0.3, -0.25) is 14.5 Å². The van der Waals surface area contributed by atoms with Gasteiger partial charge in [0.15, 0.2) is 5.82 Å². The number of benzene rings is 3. The van der Waals surface area contributed by atoms with Crippen molar-refractivity contribution in [1.29, 1.82) is 0 Å². The van der Waals surface area contributed by atoms with Crippen LogP contribution in [0.3, 0.4) is 0 Å². The Kier molecular flexibility index (Phi) is 11.0. The second-order valence-corrected chi connectivity index (χ2v) is 10.4. The van der Waals surface area contributed by atoms with Gasteiger partial charge in [0.25, 0.3) is 0 Å². The molecule has 1 heterocycles. The molecule has 4 rings (SSSR count). The van der Waals surface area contributed by atoms with Gasteiger partial charge in [0.2, 0.25) is 18.3 Å². The summed E-state index contributed by atoms with van der Waals surface area (Å²) in [6.45, 7) is 7.13. The first kappa shape index (κ1) is 32.4. The number of hydrogen-bond donors (Lipinski definition) is 2. The summed E-state index contributed by atoms with van der Waals surface area (Å²) in [5, 5.41) is 5.96. The third kappa shape index (κ3) is 8.52. The number of aliphatic imine (C=N–C) groups is 1. The van der Waals surface area contributed by atoms with Crippen LogP contribution in [0.4, 0.5) is 40.2 Å². The van der Waals surface area contributed by atoms with Gasteiger partial charge in [0.1, 0.15) is 11.4 Å². The Morgan fingerprint density at radius 3 is 2.47 bits per heavy atom. The van der Waals surface area contributed by atoms with Crippen molar-refractivity contribution in [2.24, 2.45) is 4.99 Å². The molecule has 0 fully saturated rings. The molecule has 4 aromatic rings. The van der Waals surface area contributed by atoms with Crippen molar-refractivity contribution in [3.8, 4) is 5.75 Å². The van der Waals surface area contributed by atoms with Gasteiger partial charge in [-0.25, -0.2) is 9.98 Å². The van der Waals surface area contributed by atoms with Crippen molar-refractivity contribution in [3.05, 3.63) is 97.2 Å². The summed E-state index contributed by atoms with van der Waals surface area (Å²) >= 11 is 0. The molecule has 0 radical (unpaired) electrons. The molecule has 0 aliphatic rings. The molecule has 45 heavy (non-hydrogen) atoms. The van der Waals surface area contributed by atoms with Crippen LogP contribution in [0, 0.1) is 0 Å². The first-order valence-corrected chi connectivity index (χ1v) is 14.3. The van der Waals surface area contributed by atoms with E-state index in [9.17, 15) is 9.59 Å². The van der Waals surface area contributed by atoms with E-state index in [1.54, 1.807) is 37.6 Å². The van der Waals surface area contributed by atoms with Crippen molar-refractivity contribution in [2.75, 3.05) is 61.8 Å². The summed E-state index contributed by atoms with van der Waals surface area (Å²) in [5.41, 5.74) is 4.61. The van der Waals surface area contributed by atoms with Crippen molar-refractivity contribution in [2.45, 2.75) is 6.92 Å². The van der Waals surface area contributed by atoms with Crippen LogP contribution in [0.2, 0.25) is 0 Å². The maximum atomic E-state index is 12.6. The van der Waals surface area contributed by atoms with E-state index in [-0.39, 0.29) is 17.7 Å². The number of nitrogens with one attached hydrogen (secondary N) is 2. The van der Waals surface area contributed by atoms with Crippen LogP contribution in [0.25, 0.3) is 0 Å². The predicted molar refractivity (Wildman–Crippen MR) is 182 cm³/mol. The van der Waals surface area contributed by atoms with E-state index in [0.29, 0.717) is 34.9 Å². The number of nitrogens with zero attached hydrogens (tertiary/aromatic N) is 6. The average molecular weight is 607 g/mol. The summed E-state index contributed by atoms with van der Waals surface area (Å²) < 4.78 is 5.70. The molecule has 1 aromatic heterocycles. The summed E-state index contributed by atoms with van der Waals surface area (Å²) in [6, 6.07) is 22.4. The molecule has 11 heteroatoms. The minimum Gasteiger partial charge on any atom is -0.494 e. The number of ether oxygens (including phenoxy) is 1. The van der Waals surface area contributed by atoms with Gasteiger partial charge in [-0.2, -0.15) is 4.98 Å². The second-order valence-electron chi connectivity index (χ2n) is 10.4. The van der Waals surface area contributed by atoms with E-state index >= 15 is 0 Å². The number of methoxy groups -OCH3 is 1. The highest BCUT2D eigenvalue weighted by Gasteiger charge is 2.19. The fourth-order valence-corrected chi connectivity index (χ4v) is 4.39. The molecule has 0 bridgehead atoms. The topological polar surface area (TPSA) is 115 Å². The molecule has 0 unspecified atom stereocenters. The molecule has 0 aliphatic heterocycles. The average Bonchev–Trinajstić information content (AvgIpc) is 3.05. The van der Waals surface area contributed by atoms with Gasteiger partial charge < -0.3 is 25.2 Å². The Hall–Kier alpha value is -5.55. The molecule has 2 N–H and O–H groups in total. The Bertz CT molecular complexity index is 1670. The lowest BCUT2D eigenvalue weighted by atomic mass is 10.1. The lowest BCUT2D eigenvalue weighted by Crippen LogP contribution is -2.28. The molecule has 3 aromatic carbocycles. The maximum Gasteiger partial charge on any atom is 0.247 e. The molecule has 232 valence electrons. The van der Waals surface area contributed by atoms with Crippen LogP contribution in [-0.2, 0) is 9.59 Å². The first-order chi connectivity index (χ1) is 21.7. The molecule has 0 spiro atoms.